The van der Waals surface area contributed by atoms with Gasteiger partial charge >= 0.3 is 12.1 Å². The van der Waals surface area contributed by atoms with Crippen molar-refractivity contribution in [3.63, 3.8) is 0 Å². The minimum atomic E-state index is -1.10. The maximum Gasteiger partial charge on any atom is 0.407 e. The summed E-state index contributed by atoms with van der Waals surface area (Å²) < 4.78 is 5.55. The van der Waals surface area contributed by atoms with Crippen molar-refractivity contribution in [2.75, 3.05) is 13.2 Å². The summed E-state index contributed by atoms with van der Waals surface area (Å²) >= 11 is 0. The number of hydrogen-bond acceptors (Lipinski definition) is 5. The van der Waals surface area contributed by atoms with Gasteiger partial charge < -0.3 is 25.2 Å². The molecular formula is C26H30N2O6. The smallest absolute Gasteiger partial charge is 0.407 e. The Morgan fingerprint density at radius 3 is 2.32 bits per heavy atom. The van der Waals surface area contributed by atoms with Gasteiger partial charge in [0.2, 0.25) is 5.91 Å². The first-order valence-corrected chi connectivity index (χ1v) is 11.7. The number of carboxylic acids is 1. The van der Waals surface area contributed by atoms with E-state index < -0.39 is 24.2 Å². The molecule has 180 valence electrons. The minimum absolute atomic E-state index is 0.0101. The van der Waals surface area contributed by atoms with Crippen LogP contribution in [0.4, 0.5) is 4.79 Å². The zero-order valence-corrected chi connectivity index (χ0v) is 19.1. The van der Waals surface area contributed by atoms with Gasteiger partial charge in [0.05, 0.1) is 6.10 Å². The molecule has 34 heavy (non-hydrogen) atoms. The van der Waals surface area contributed by atoms with Crippen molar-refractivity contribution in [2.24, 2.45) is 0 Å². The summed E-state index contributed by atoms with van der Waals surface area (Å²) in [6.45, 7) is 2.12. The molecule has 2 aromatic carbocycles. The molecule has 0 bridgehead atoms. The van der Waals surface area contributed by atoms with E-state index in [1.54, 1.807) is 0 Å². The summed E-state index contributed by atoms with van der Waals surface area (Å²) in [5.74, 6) is -1.41. The van der Waals surface area contributed by atoms with Gasteiger partial charge in [-0.15, -0.1) is 0 Å². The largest absolute Gasteiger partial charge is 0.480 e. The van der Waals surface area contributed by atoms with E-state index in [1.165, 1.54) is 16.0 Å². The molecule has 1 saturated heterocycles. The van der Waals surface area contributed by atoms with Crippen LogP contribution in [0.1, 0.15) is 49.7 Å². The van der Waals surface area contributed by atoms with E-state index in [4.69, 9.17) is 4.74 Å². The average molecular weight is 467 g/mol. The molecule has 1 heterocycles. The molecule has 3 N–H and O–H groups in total. The molecule has 1 aliphatic carbocycles. The Morgan fingerprint density at radius 1 is 1.09 bits per heavy atom. The summed E-state index contributed by atoms with van der Waals surface area (Å²) in [6.07, 6.45) is -0.0609. The third-order valence-electron chi connectivity index (χ3n) is 6.62. The molecule has 2 aromatic rings. The van der Waals surface area contributed by atoms with Gasteiger partial charge in [0, 0.05) is 31.3 Å². The van der Waals surface area contributed by atoms with E-state index in [2.05, 4.69) is 29.6 Å². The fourth-order valence-electron chi connectivity index (χ4n) is 4.94. The highest BCUT2D eigenvalue weighted by Gasteiger charge is 2.38. The summed E-state index contributed by atoms with van der Waals surface area (Å²) in [6, 6.07) is 15.1. The highest BCUT2D eigenvalue weighted by Crippen LogP contribution is 2.44. The lowest BCUT2D eigenvalue weighted by molar-refractivity contribution is -0.148. The number of hydrogen-bond donors (Lipinski definition) is 3. The van der Waals surface area contributed by atoms with Crippen LogP contribution in [-0.4, -0.2) is 64.4 Å². The molecule has 8 nitrogen and oxygen atoms in total. The predicted molar refractivity (Wildman–Crippen MR) is 125 cm³/mol. The number of rotatable bonds is 8. The van der Waals surface area contributed by atoms with E-state index in [0.29, 0.717) is 12.8 Å². The van der Waals surface area contributed by atoms with Crippen LogP contribution in [0.2, 0.25) is 0 Å². The lowest BCUT2D eigenvalue weighted by atomic mass is 9.98. The number of aliphatic hydroxyl groups excluding tert-OH is 1. The quantitative estimate of drug-likeness (QED) is 0.551. The van der Waals surface area contributed by atoms with Gasteiger partial charge in [0.25, 0.3) is 0 Å². The number of aliphatic carboxylic acids is 1. The fourth-order valence-corrected chi connectivity index (χ4v) is 4.94. The van der Waals surface area contributed by atoms with E-state index in [9.17, 15) is 24.6 Å². The summed E-state index contributed by atoms with van der Waals surface area (Å²) in [7, 11) is 0. The minimum Gasteiger partial charge on any atom is -0.480 e. The zero-order valence-electron chi connectivity index (χ0n) is 19.1. The molecule has 2 amide bonds. The first-order chi connectivity index (χ1) is 16.3. The lowest BCUT2D eigenvalue weighted by Crippen LogP contribution is -2.40. The Morgan fingerprint density at radius 2 is 1.71 bits per heavy atom. The van der Waals surface area contributed by atoms with Crippen molar-refractivity contribution in [2.45, 2.75) is 56.7 Å². The highest BCUT2D eigenvalue weighted by molar-refractivity contribution is 5.84. The second-order valence-corrected chi connectivity index (χ2v) is 9.05. The SMILES string of the molecule is CC(CCCC(=O)N1CC(O)CC1C(=O)O)NC(=O)OCC1c2ccccc2-c2ccccc21. The predicted octanol–water partition coefficient (Wildman–Crippen LogP) is 3.13. The summed E-state index contributed by atoms with van der Waals surface area (Å²) in [4.78, 5) is 37.3. The second kappa shape index (κ2) is 10.3. The van der Waals surface area contributed by atoms with Crippen molar-refractivity contribution in [3.8, 4) is 11.1 Å². The number of fused-ring (bicyclic) bond motifs is 3. The number of nitrogens with zero attached hydrogens (tertiary/aromatic N) is 1. The number of carboxylic acid groups (broad SMARTS) is 1. The third kappa shape index (κ3) is 5.07. The Balaban J connectivity index is 1.23. The van der Waals surface area contributed by atoms with Crippen LogP contribution in [0, 0.1) is 0 Å². The van der Waals surface area contributed by atoms with Gasteiger partial charge in [-0.25, -0.2) is 9.59 Å². The van der Waals surface area contributed by atoms with Crippen molar-refractivity contribution in [1.29, 1.82) is 0 Å². The maximum absolute atomic E-state index is 12.4. The van der Waals surface area contributed by atoms with E-state index in [0.717, 1.165) is 11.1 Å². The number of aliphatic hydroxyl groups is 1. The van der Waals surface area contributed by atoms with E-state index in [-0.39, 0.29) is 43.9 Å². The molecule has 2 aliphatic rings. The van der Waals surface area contributed by atoms with Crippen LogP contribution in [0.15, 0.2) is 48.5 Å². The number of carbonyl (C=O) groups is 3. The Labute approximate surface area is 198 Å². The molecule has 0 spiro atoms. The number of ether oxygens (including phenoxy) is 1. The molecule has 3 unspecified atom stereocenters. The van der Waals surface area contributed by atoms with Crippen LogP contribution < -0.4 is 5.32 Å². The van der Waals surface area contributed by atoms with Gasteiger partial charge in [-0.3, -0.25) is 4.79 Å². The number of nitrogens with one attached hydrogen (secondary N) is 1. The Hall–Kier alpha value is -3.39. The number of likely N-dealkylation sites (tertiary alicyclic amines) is 1. The molecule has 1 aliphatic heterocycles. The van der Waals surface area contributed by atoms with Gasteiger partial charge in [-0.05, 0) is 42.0 Å². The number of carbonyl (C=O) groups excluding carboxylic acids is 2. The molecule has 0 radical (unpaired) electrons. The third-order valence-corrected chi connectivity index (χ3v) is 6.62. The monoisotopic (exact) mass is 466 g/mol. The molecule has 8 heteroatoms. The number of amides is 2. The van der Waals surface area contributed by atoms with Crippen molar-refractivity contribution in [3.05, 3.63) is 59.7 Å². The van der Waals surface area contributed by atoms with E-state index >= 15 is 0 Å². The van der Waals surface area contributed by atoms with Crippen LogP contribution >= 0.6 is 0 Å². The lowest BCUT2D eigenvalue weighted by Gasteiger charge is -2.21. The second-order valence-electron chi connectivity index (χ2n) is 9.05. The van der Waals surface area contributed by atoms with E-state index in [1.807, 2.05) is 31.2 Å². The summed E-state index contributed by atoms with van der Waals surface area (Å²) in [5, 5.41) is 21.7. The van der Waals surface area contributed by atoms with Gasteiger partial charge in [-0.2, -0.15) is 0 Å². The molecule has 3 atom stereocenters. The van der Waals surface area contributed by atoms with Crippen molar-refractivity contribution in [1.82, 2.24) is 10.2 Å². The number of alkyl carbamates (subject to hydrolysis) is 1. The normalized spacial score (nSPS) is 19.9. The first-order valence-electron chi connectivity index (χ1n) is 11.7. The Bertz CT molecular complexity index is 1030. The topological polar surface area (TPSA) is 116 Å². The van der Waals surface area contributed by atoms with Gasteiger partial charge in [0.1, 0.15) is 12.6 Å². The molecule has 0 saturated carbocycles. The maximum atomic E-state index is 12.4. The number of β-amino-alcohol motifs (C(OH)–C–C–N with tert-alkyl or cyclic N) is 1. The van der Waals surface area contributed by atoms with Crippen molar-refractivity contribution >= 4 is 18.0 Å². The van der Waals surface area contributed by atoms with Crippen molar-refractivity contribution < 1.29 is 29.3 Å². The highest BCUT2D eigenvalue weighted by atomic mass is 16.5. The average Bonchev–Trinajstić information content (AvgIpc) is 3.36. The molecular weight excluding hydrogens is 436 g/mol. The van der Waals surface area contributed by atoms with Crippen LogP contribution in [-0.2, 0) is 14.3 Å². The standard InChI is InChI=1S/C26H30N2O6/c1-16(7-6-12-24(30)28-14-17(29)13-23(28)25(31)32)27-26(33)34-15-22-20-10-4-2-8-18(20)19-9-3-5-11-21(19)22/h2-5,8-11,16-17,22-23,29H,6-7,12-15H2,1H3,(H,27,33)(H,31,32). The Kier molecular flexibility index (Phi) is 7.17. The number of benzene rings is 2. The van der Waals surface area contributed by atoms with Crippen LogP contribution in [0.3, 0.4) is 0 Å². The summed E-state index contributed by atoms with van der Waals surface area (Å²) in [5.41, 5.74) is 4.63. The zero-order chi connectivity index (χ0) is 24.2. The molecule has 0 aromatic heterocycles. The van der Waals surface area contributed by atoms with Crippen LogP contribution in [0.5, 0.6) is 0 Å². The molecule has 1 fully saturated rings. The molecule has 4 rings (SSSR count). The fraction of sp³-hybridized carbons (Fsp3) is 0.423. The van der Waals surface area contributed by atoms with Gasteiger partial charge in [0.15, 0.2) is 0 Å². The van der Waals surface area contributed by atoms with Crippen LogP contribution in [0.25, 0.3) is 11.1 Å². The first kappa shape index (κ1) is 23.8. The van der Waals surface area contributed by atoms with Gasteiger partial charge in [-0.1, -0.05) is 48.5 Å².